The normalized spacial score (nSPS) is 24.4. The molecule has 2 aliphatic heterocycles. The number of benzene rings is 8. The zero-order valence-corrected chi connectivity index (χ0v) is 43.3. The van der Waals surface area contributed by atoms with E-state index < -0.39 is 0 Å². The van der Waals surface area contributed by atoms with Crippen LogP contribution in [0.1, 0.15) is 108 Å². The summed E-state index contributed by atoms with van der Waals surface area (Å²) in [5, 5.41) is 4.73. The highest BCUT2D eigenvalue weighted by atomic mass is 16.3. The minimum atomic E-state index is -0.118. The molecule has 0 amide bonds. The highest BCUT2D eigenvalue weighted by Gasteiger charge is 2.55. The molecule has 5 aliphatic carbocycles. The molecule has 6 unspecified atom stereocenters. The lowest BCUT2D eigenvalue weighted by Crippen LogP contribution is -2.61. The SMILES string of the molecule is CCCCc1ccc(N2c3cc4c(cc3B3c5c(cc(C)cc52)-c2cc(C56CC(C)CCC(C5)C6C)ccc2N3c2ccc(C3(C)CC=C5CC5C3)cc2)oc2cc3ccccc3cc24)c(-c2ccccc2)c1. The average molecular weight is 949 g/mol. The van der Waals surface area contributed by atoms with Crippen molar-refractivity contribution >= 4 is 78.9 Å². The van der Waals surface area contributed by atoms with E-state index in [1.807, 2.05) is 0 Å². The fourth-order valence-corrected chi connectivity index (χ4v) is 15.5. The number of fused-ring (bicyclic) bond motifs is 12. The van der Waals surface area contributed by atoms with Crippen LogP contribution in [0.15, 0.2) is 168 Å². The van der Waals surface area contributed by atoms with E-state index in [9.17, 15) is 0 Å². The molecule has 0 spiro atoms. The first kappa shape index (κ1) is 43.8. The Balaban J connectivity index is 1.01. The summed E-state index contributed by atoms with van der Waals surface area (Å²) in [5.41, 5.74) is 23.7. The summed E-state index contributed by atoms with van der Waals surface area (Å²) in [6, 6.07) is 59.4. The van der Waals surface area contributed by atoms with Crippen LogP contribution in [-0.4, -0.2) is 6.85 Å². The fraction of sp³-hybridized carbons (Fsp3) is 0.304. The van der Waals surface area contributed by atoms with Crippen molar-refractivity contribution in [2.24, 2.45) is 23.7 Å². The lowest BCUT2D eigenvalue weighted by Gasteiger charge is -2.54. The Morgan fingerprint density at radius 2 is 1.42 bits per heavy atom. The number of rotatable bonds is 8. The first-order valence-electron chi connectivity index (χ1n) is 27.9. The standard InChI is InChI=1S/C69H65BN2O/c1-6-7-13-45-19-26-61(55(32-45)46-14-9-8-10-15-46)71-63-37-58-57-34-47-16-11-12-17-48(47)35-65(57)73-66(58)38-60(63)70-67-59(30-43(3)31-64(67)71)56-36-53(69-39-42(2)18-20-50(41-69)44(69)4)23-27-62(56)72(70)54-24-21-52(22-25-54)68(5)29-28-49-33-51(49)40-68/h8-12,14-17,19,21-28,30-32,34-38,42,44,50-51H,6-7,13,18,20,29,33,39-41H2,1-5H3. The topological polar surface area (TPSA) is 19.6 Å². The van der Waals surface area contributed by atoms with Gasteiger partial charge in [0, 0.05) is 44.6 Å². The number of anilines is 5. The van der Waals surface area contributed by atoms with Crippen LogP contribution in [0.3, 0.4) is 0 Å². The predicted molar refractivity (Wildman–Crippen MR) is 308 cm³/mol. The van der Waals surface area contributed by atoms with Crippen molar-refractivity contribution in [3.63, 3.8) is 0 Å². The monoisotopic (exact) mass is 949 g/mol. The molecule has 73 heavy (non-hydrogen) atoms. The largest absolute Gasteiger partial charge is 0.456 e. The van der Waals surface area contributed by atoms with Crippen molar-refractivity contribution in [3.05, 3.63) is 186 Å². The second-order valence-corrected chi connectivity index (χ2v) is 24.1. The van der Waals surface area contributed by atoms with Crippen molar-refractivity contribution in [1.82, 2.24) is 0 Å². The molecule has 6 atom stereocenters. The van der Waals surface area contributed by atoms with Gasteiger partial charge in [0.2, 0.25) is 0 Å². The van der Waals surface area contributed by atoms with Gasteiger partial charge in [-0.05, 0) is 215 Å². The molecule has 0 radical (unpaired) electrons. The quantitative estimate of drug-likeness (QED) is 0.112. The lowest BCUT2D eigenvalue weighted by atomic mass is 9.43. The first-order valence-corrected chi connectivity index (χ1v) is 27.9. The maximum atomic E-state index is 7.06. The van der Waals surface area contributed by atoms with E-state index in [-0.39, 0.29) is 17.7 Å². The van der Waals surface area contributed by atoms with Gasteiger partial charge in [0.1, 0.15) is 11.2 Å². The predicted octanol–water partition coefficient (Wildman–Crippen LogP) is 17.5. The summed E-state index contributed by atoms with van der Waals surface area (Å²) in [6.45, 7) is 12.1. The molecule has 9 aromatic rings. The zero-order chi connectivity index (χ0) is 48.9. The smallest absolute Gasteiger partial charge is 0.333 e. The van der Waals surface area contributed by atoms with Crippen molar-refractivity contribution in [2.75, 3.05) is 9.71 Å². The molecule has 4 fully saturated rings. The van der Waals surface area contributed by atoms with Gasteiger partial charge in [-0.3, -0.25) is 0 Å². The van der Waals surface area contributed by atoms with E-state index in [1.54, 1.807) is 11.1 Å². The summed E-state index contributed by atoms with van der Waals surface area (Å²) in [7, 11) is 0. The maximum Gasteiger partial charge on any atom is 0.333 e. The lowest BCUT2D eigenvalue weighted by molar-refractivity contribution is 0.0451. The number of hydrogen-bond donors (Lipinski definition) is 0. The highest BCUT2D eigenvalue weighted by Crippen LogP contribution is 2.62. The van der Waals surface area contributed by atoms with E-state index in [0.717, 1.165) is 52.5 Å². The molecule has 1 aromatic heterocycles. The minimum absolute atomic E-state index is 0.118. The Kier molecular flexibility index (Phi) is 9.66. The van der Waals surface area contributed by atoms with E-state index in [0.29, 0.717) is 5.92 Å². The van der Waals surface area contributed by atoms with Crippen LogP contribution >= 0.6 is 0 Å². The fourth-order valence-electron chi connectivity index (χ4n) is 15.5. The third-order valence-electron chi connectivity index (χ3n) is 19.6. The van der Waals surface area contributed by atoms with Gasteiger partial charge in [-0.2, -0.15) is 0 Å². The Bertz CT molecular complexity index is 3770. The number of nitrogens with zero attached hydrogens (tertiary/aromatic N) is 2. The highest BCUT2D eigenvalue weighted by molar-refractivity contribution is 6.93. The molecule has 3 nitrogen and oxygen atoms in total. The van der Waals surface area contributed by atoms with Crippen molar-refractivity contribution in [1.29, 1.82) is 0 Å². The van der Waals surface area contributed by atoms with Gasteiger partial charge < -0.3 is 14.1 Å². The Hall–Kier alpha value is -6.78. The van der Waals surface area contributed by atoms with E-state index in [1.165, 1.54) is 140 Å². The first-order chi connectivity index (χ1) is 35.6. The summed E-state index contributed by atoms with van der Waals surface area (Å²) in [4.78, 5) is 5.39. The zero-order valence-electron chi connectivity index (χ0n) is 43.3. The molecular formula is C69H65BN2O. The Morgan fingerprint density at radius 1 is 0.658 bits per heavy atom. The summed E-state index contributed by atoms with van der Waals surface area (Å²) >= 11 is 0. The van der Waals surface area contributed by atoms with Crippen LogP contribution < -0.4 is 20.6 Å². The molecule has 4 saturated carbocycles. The summed E-state index contributed by atoms with van der Waals surface area (Å²) < 4.78 is 7.06. The molecule has 360 valence electrons. The van der Waals surface area contributed by atoms with Gasteiger partial charge in [-0.25, -0.2) is 0 Å². The number of furan rings is 1. The van der Waals surface area contributed by atoms with Crippen LogP contribution in [0.4, 0.5) is 28.4 Å². The Labute approximate surface area is 432 Å². The van der Waals surface area contributed by atoms with Gasteiger partial charge in [0.05, 0.1) is 5.69 Å². The number of allylic oxidation sites excluding steroid dienone is 2. The van der Waals surface area contributed by atoms with Gasteiger partial charge in [0.15, 0.2) is 0 Å². The average Bonchev–Trinajstić information content (AvgIpc) is 4.18. The third kappa shape index (κ3) is 6.64. The molecular weight excluding hydrogens is 884 g/mol. The number of aryl methyl sites for hydroxylation is 2. The van der Waals surface area contributed by atoms with Crippen molar-refractivity contribution in [3.8, 4) is 22.3 Å². The number of unbranched alkanes of at least 4 members (excludes halogenated alkanes) is 1. The van der Waals surface area contributed by atoms with Crippen molar-refractivity contribution < 1.29 is 4.42 Å². The molecule has 0 saturated heterocycles. The van der Waals surface area contributed by atoms with Crippen LogP contribution in [0.25, 0.3) is 55.0 Å². The van der Waals surface area contributed by atoms with Gasteiger partial charge in [0.25, 0.3) is 0 Å². The molecule has 2 bridgehead atoms. The van der Waals surface area contributed by atoms with Crippen LogP contribution in [0.5, 0.6) is 0 Å². The molecule has 7 aliphatic rings. The van der Waals surface area contributed by atoms with Crippen LogP contribution in [-0.2, 0) is 17.3 Å². The number of hydrogen-bond acceptors (Lipinski definition) is 3. The van der Waals surface area contributed by atoms with E-state index in [2.05, 4.69) is 202 Å². The third-order valence-corrected chi connectivity index (χ3v) is 19.6. The summed E-state index contributed by atoms with van der Waals surface area (Å²) in [5.74, 6) is 3.02. The minimum Gasteiger partial charge on any atom is -0.456 e. The maximum absolute atomic E-state index is 7.06. The van der Waals surface area contributed by atoms with E-state index in [4.69, 9.17) is 4.42 Å². The van der Waals surface area contributed by atoms with Crippen LogP contribution in [0, 0.1) is 30.6 Å². The molecule has 4 heteroatoms. The second-order valence-electron chi connectivity index (χ2n) is 24.1. The molecule has 0 N–H and O–H groups in total. The van der Waals surface area contributed by atoms with Gasteiger partial charge >= 0.3 is 6.85 Å². The molecule has 16 rings (SSSR count). The van der Waals surface area contributed by atoms with E-state index >= 15 is 0 Å². The molecule has 8 aromatic carbocycles. The van der Waals surface area contributed by atoms with Gasteiger partial charge in [-0.15, -0.1) is 0 Å². The Morgan fingerprint density at radius 3 is 2.23 bits per heavy atom. The van der Waals surface area contributed by atoms with Crippen LogP contribution in [0.2, 0.25) is 0 Å². The second kappa shape index (κ2) is 16.1. The molecule has 3 heterocycles. The van der Waals surface area contributed by atoms with Gasteiger partial charge in [-0.1, -0.05) is 137 Å². The summed E-state index contributed by atoms with van der Waals surface area (Å²) in [6.07, 6.45) is 14.9. The van der Waals surface area contributed by atoms with Crippen molar-refractivity contribution in [2.45, 2.75) is 110 Å².